The molecule has 0 nitrogen and oxygen atoms in total. The van der Waals surface area contributed by atoms with Crippen LogP contribution in [-0.4, -0.2) is 5.49 Å². The summed E-state index contributed by atoms with van der Waals surface area (Å²) in [4.78, 5) is 0. The van der Waals surface area contributed by atoms with Gasteiger partial charge in [-0.15, -0.1) is 0 Å². The molecule has 32 heavy (non-hydrogen) atoms. The van der Waals surface area contributed by atoms with Gasteiger partial charge in [-0.2, -0.15) is 0 Å². The van der Waals surface area contributed by atoms with Crippen LogP contribution in [0.3, 0.4) is 0 Å². The Bertz CT molecular complexity index is 1060. The number of benzene rings is 2. The zero-order chi connectivity index (χ0) is 23.4. The topological polar surface area (TPSA) is 0 Å². The van der Waals surface area contributed by atoms with Crippen molar-refractivity contribution in [3.05, 3.63) is 83.0 Å². The van der Waals surface area contributed by atoms with E-state index >= 15 is 0 Å². The second-order valence-corrected chi connectivity index (χ2v) is 35.6. The van der Waals surface area contributed by atoms with Crippen molar-refractivity contribution >= 4 is 5.49 Å². The molecule has 0 heterocycles. The van der Waals surface area contributed by atoms with Crippen LogP contribution in [0.5, 0.6) is 0 Å². The van der Waals surface area contributed by atoms with Crippen LogP contribution in [0.15, 0.2) is 60.7 Å². The van der Waals surface area contributed by atoms with Gasteiger partial charge in [0.05, 0.1) is 0 Å². The molecule has 2 aromatic rings. The summed E-state index contributed by atoms with van der Waals surface area (Å²) in [7, 11) is 0. The Morgan fingerprint density at radius 3 is 1.56 bits per heavy atom. The zero-order valence-electron chi connectivity index (χ0n) is 21.5. The van der Waals surface area contributed by atoms with Crippen LogP contribution in [0.25, 0.3) is 11.1 Å². The van der Waals surface area contributed by atoms with Gasteiger partial charge in [-0.3, -0.25) is 0 Å². The fourth-order valence-corrected chi connectivity index (χ4v) is 36.5. The van der Waals surface area contributed by atoms with Crippen molar-refractivity contribution in [2.45, 2.75) is 85.7 Å². The minimum atomic E-state index is -2.17. The molecule has 2 aliphatic rings. The van der Waals surface area contributed by atoms with Crippen molar-refractivity contribution in [1.82, 2.24) is 0 Å². The van der Waals surface area contributed by atoms with Gasteiger partial charge in [0, 0.05) is 0 Å². The Morgan fingerprint density at radius 2 is 1.19 bits per heavy atom. The molecular weight excluding hydrogens is 567 g/mol. The van der Waals surface area contributed by atoms with Gasteiger partial charge in [0.25, 0.3) is 0 Å². The first kappa shape index (κ1) is 24.1. The molecule has 0 saturated carbocycles. The molecule has 0 amide bonds. The van der Waals surface area contributed by atoms with Crippen molar-refractivity contribution < 1.29 is 20.1 Å². The molecule has 0 saturated heterocycles. The first-order chi connectivity index (χ1) is 14.9. The monoisotopic (exact) mass is 608 g/mol. The van der Waals surface area contributed by atoms with Crippen LogP contribution in [0.1, 0.15) is 81.3 Å². The van der Waals surface area contributed by atoms with Crippen LogP contribution >= 0.6 is 0 Å². The average molecular weight is 607 g/mol. The van der Waals surface area contributed by atoms with Gasteiger partial charge in [0.2, 0.25) is 0 Å². The van der Waals surface area contributed by atoms with Gasteiger partial charge in [0.15, 0.2) is 0 Å². The molecule has 0 spiro atoms. The van der Waals surface area contributed by atoms with Crippen molar-refractivity contribution in [3.63, 3.8) is 0 Å². The summed E-state index contributed by atoms with van der Waals surface area (Å²) in [5, 5.41) is 0. The van der Waals surface area contributed by atoms with Crippen molar-refractivity contribution in [1.29, 1.82) is 0 Å². The Balaban J connectivity index is 2.03. The molecule has 2 aliphatic carbocycles. The predicted molar refractivity (Wildman–Crippen MR) is 140 cm³/mol. The molecule has 0 aliphatic heterocycles. The molecular formula is C30H40HfSi. The number of hydrogen-bond donors (Lipinski definition) is 0. The van der Waals surface area contributed by atoms with Crippen molar-refractivity contribution in [2.24, 2.45) is 0 Å². The van der Waals surface area contributed by atoms with E-state index < -0.39 is 20.1 Å². The third kappa shape index (κ3) is 4.39. The fraction of sp³-hybridized carbons (Fsp3) is 0.467. The Kier molecular flexibility index (Phi) is 6.53. The Labute approximate surface area is 204 Å². The molecule has 2 heteroatoms. The van der Waals surface area contributed by atoms with E-state index in [0.717, 1.165) is 9.22 Å². The molecule has 0 bridgehead atoms. The van der Waals surface area contributed by atoms with Crippen molar-refractivity contribution in [3.8, 4) is 11.1 Å². The third-order valence-electron chi connectivity index (χ3n) is 7.49. The van der Waals surface area contributed by atoms with Gasteiger partial charge < -0.3 is 0 Å². The first-order valence-electron chi connectivity index (χ1n) is 12.2. The summed E-state index contributed by atoms with van der Waals surface area (Å²) in [5.41, 5.74) is 10.2. The zero-order valence-corrected chi connectivity index (χ0v) is 26.1. The second kappa shape index (κ2) is 8.66. The van der Waals surface area contributed by atoms with Crippen LogP contribution in [0, 0.1) is 0 Å². The van der Waals surface area contributed by atoms with Gasteiger partial charge in [-0.25, -0.2) is 0 Å². The number of hydrogen-bond acceptors (Lipinski definition) is 0. The van der Waals surface area contributed by atoms with E-state index in [2.05, 4.69) is 123 Å². The number of allylic oxidation sites excluding steroid dienone is 4. The van der Waals surface area contributed by atoms with Crippen molar-refractivity contribution in [2.75, 3.05) is 0 Å². The van der Waals surface area contributed by atoms with Crippen LogP contribution in [0.4, 0.5) is 0 Å². The summed E-state index contributed by atoms with van der Waals surface area (Å²) < 4.78 is 1.44. The van der Waals surface area contributed by atoms with Gasteiger partial charge in [0.1, 0.15) is 0 Å². The molecule has 0 unspecified atom stereocenters. The molecule has 4 rings (SSSR count). The molecule has 168 valence electrons. The van der Waals surface area contributed by atoms with E-state index in [1.807, 2.05) is 0 Å². The van der Waals surface area contributed by atoms with Crippen LogP contribution in [-0.2, 0) is 30.9 Å². The third-order valence-corrected chi connectivity index (χ3v) is 39.7. The van der Waals surface area contributed by atoms with E-state index in [0.29, 0.717) is 3.67 Å². The predicted octanol–water partition coefficient (Wildman–Crippen LogP) is 8.92. The number of rotatable bonds is 3. The molecule has 0 N–H and O–H groups in total. The maximum atomic E-state index is 2.68. The molecule has 0 aromatic heterocycles. The average Bonchev–Trinajstić information content (AvgIpc) is 3.33. The molecule has 0 radical (unpaired) electrons. The van der Waals surface area contributed by atoms with Crippen LogP contribution in [0.2, 0.25) is 15.8 Å². The SMILES string of the molecule is CC(C)[Si](C)=[Hf]([CH]1C=CC=C1)[CH]1c2cc(C(C)(C)C)ccc2-c2ccc(C(C)(C)C)cc21. The normalized spacial score (nSPS) is 17.2. The van der Waals surface area contributed by atoms with E-state index in [9.17, 15) is 0 Å². The summed E-state index contributed by atoms with van der Waals surface area (Å²) in [5.74, 6) is 0. The second-order valence-electron chi connectivity index (χ2n) is 12.1. The quantitative estimate of drug-likeness (QED) is 0.306. The van der Waals surface area contributed by atoms with Gasteiger partial charge in [-0.1, -0.05) is 0 Å². The molecule has 0 fully saturated rings. The first-order valence-corrected chi connectivity index (χ1v) is 23.9. The van der Waals surface area contributed by atoms with Gasteiger partial charge in [-0.05, 0) is 0 Å². The summed E-state index contributed by atoms with van der Waals surface area (Å²) in [6, 6.07) is 14.9. The van der Waals surface area contributed by atoms with E-state index in [-0.39, 0.29) is 16.3 Å². The van der Waals surface area contributed by atoms with Gasteiger partial charge >= 0.3 is 205 Å². The molecule has 0 atom stereocenters. The summed E-state index contributed by atoms with van der Waals surface area (Å²) in [6.45, 7) is 21.8. The maximum absolute atomic E-state index is 2.68. The van der Waals surface area contributed by atoms with E-state index in [4.69, 9.17) is 0 Å². The Hall–Kier alpha value is -0.993. The number of fused-ring (bicyclic) bond motifs is 3. The van der Waals surface area contributed by atoms with Crippen LogP contribution < -0.4 is 0 Å². The summed E-state index contributed by atoms with van der Waals surface area (Å²) >= 11 is -2.17. The van der Waals surface area contributed by atoms with E-state index in [1.54, 1.807) is 11.1 Å². The molecule has 2 aromatic carbocycles. The minimum absolute atomic E-state index is 0.182. The Morgan fingerprint density at radius 1 is 0.750 bits per heavy atom. The fourth-order valence-electron chi connectivity index (χ4n) is 5.18. The summed E-state index contributed by atoms with van der Waals surface area (Å²) in [6.07, 6.45) is 9.74. The van der Waals surface area contributed by atoms with E-state index in [1.165, 1.54) is 22.3 Å². The standard InChI is InChI=1S/C21H25.C5H5.C4H10Si.Hf/c1-20(2,3)16-7-9-18-14(12-16)11-15-13-17(21(4,5)6)8-10-19(15)18;1-2-4-5-3-1;1-4(2)5-3;/h7-13H,1-6H3;1-5H;4H,1-3H3;.